The molecule has 0 atom stereocenters. The Morgan fingerprint density at radius 2 is 2.00 bits per heavy atom. The predicted molar refractivity (Wildman–Crippen MR) is 86.2 cm³/mol. The standard InChI is InChI=1S/C17H27N3O2/c1-19-7-9-20(10-8-19)6-2-3-14-4-5-16(13-18-14)22-17-11-15(21)12-17/h4-5,13,15,17,21H,2-3,6-12H2,1H3. The van der Waals surface area contributed by atoms with Gasteiger partial charge in [0.25, 0.3) is 0 Å². The van der Waals surface area contributed by atoms with Crippen molar-refractivity contribution < 1.29 is 9.84 Å². The van der Waals surface area contributed by atoms with Gasteiger partial charge in [-0.05, 0) is 38.6 Å². The molecule has 0 unspecified atom stereocenters. The minimum Gasteiger partial charge on any atom is -0.489 e. The summed E-state index contributed by atoms with van der Waals surface area (Å²) < 4.78 is 5.75. The molecule has 0 radical (unpaired) electrons. The highest BCUT2D eigenvalue weighted by Crippen LogP contribution is 2.25. The molecule has 22 heavy (non-hydrogen) atoms. The summed E-state index contributed by atoms with van der Waals surface area (Å²) in [5.41, 5.74) is 1.13. The summed E-state index contributed by atoms with van der Waals surface area (Å²) in [6.07, 6.45) is 5.47. The molecule has 2 fully saturated rings. The van der Waals surface area contributed by atoms with Crippen LogP contribution in [0.3, 0.4) is 0 Å². The summed E-state index contributed by atoms with van der Waals surface area (Å²) in [6.45, 7) is 5.89. The van der Waals surface area contributed by atoms with E-state index in [1.165, 1.54) is 26.2 Å². The Morgan fingerprint density at radius 3 is 2.64 bits per heavy atom. The Morgan fingerprint density at radius 1 is 1.23 bits per heavy atom. The first-order valence-electron chi connectivity index (χ1n) is 8.39. The van der Waals surface area contributed by atoms with Crippen molar-refractivity contribution in [3.63, 3.8) is 0 Å². The summed E-state index contributed by atoms with van der Waals surface area (Å²) in [6, 6.07) is 4.07. The number of pyridine rings is 1. The molecule has 1 N–H and O–H groups in total. The van der Waals surface area contributed by atoms with Gasteiger partial charge in [0.2, 0.25) is 0 Å². The lowest BCUT2D eigenvalue weighted by atomic mass is 9.92. The van der Waals surface area contributed by atoms with Gasteiger partial charge in [0.1, 0.15) is 11.9 Å². The molecule has 1 aromatic heterocycles. The van der Waals surface area contributed by atoms with Crippen molar-refractivity contribution in [2.75, 3.05) is 39.8 Å². The number of hydrogen-bond donors (Lipinski definition) is 1. The molecule has 0 amide bonds. The fraction of sp³-hybridized carbons (Fsp3) is 0.706. The van der Waals surface area contributed by atoms with E-state index in [4.69, 9.17) is 4.74 Å². The van der Waals surface area contributed by atoms with Crippen LogP contribution in [-0.2, 0) is 6.42 Å². The summed E-state index contributed by atoms with van der Waals surface area (Å²) >= 11 is 0. The van der Waals surface area contributed by atoms with Crippen molar-refractivity contribution in [2.45, 2.75) is 37.9 Å². The van der Waals surface area contributed by atoms with E-state index in [1.54, 1.807) is 0 Å². The van der Waals surface area contributed by atoms with Gasteiger partial charge in [-0.15, -0.1) is 0 Å². The van der Waals surface area contributed by atoms with Crippen molar-refractivity contribution in [3.8, 4) is 5.75 Å². The SMILES string of the molecule is CN1CCN(CCCc2ccc(OC3CC(O)C3)cn2)CC1. The smallest absolute Gasteiger partial charge is 0.138 e. The van der Waals surface area contributed by atoms with E-state index in [1.807, 2.05) is 12.3 Å². The molecular weight excluding hydrogens is 278 g/mol. The van der Waals surface area contributed by atoms with E-state index in [0.717, 1.165) is 43.7 Å². The zero-order valence-corrected chi connectivity index (χ0v) is 13.4. The Bertz CT molecular complexity index is 451. The minimum atomic E-state index is -0.174. The van der Waals surface area contributed by atoms with Crippen LogP contribution in [0.15, 0.2) is 18.3 Å². The molecule has 2 aliphatic rings. The molecule has 0 aromatic carbocycles. The van der Waals surface area contributed by atoms with Crippen LogP contribution in [0.5, 0.6) is 5.75 Å². The Hall–Kier alpha value is -1.17. The topological polar surface area (TPSA) is 48.8 Å². The lowest BCUT2D eigenvalue weighted by molar-refractivity contribution is -0.0109. The van der Waals surface area contributed by atoms with Gasteiger partial charge in [-0.25, -0.2) is 0 Å². The van der Waals surface area contributed by atoms with Crippen molar-refractivity contribution >= 4 is 0 Å². The molecular formula is C17H27N3O2. The van der Waals surface area contributed by atoms with Gasteiger partial charge in [-0.3, -0.25) is 4.98 Å². The average molecular weight is 305 g/mol. The first-order valence-corrected chi connectivity index (χ1v) is 8.39. The highest BCUT2D eigenvalue weighted by Gasteiger charge is 2.28. The summed E-state index contributed by atoms with van der Waals surface area (Å²) in [5, 5.41) is 9.26. The van der Waals surface area contributed by atoms with Gasteiger partial charge < -0.3 is 19.6 Å². The molecule has 0 bridgehead atoms. The number of aryl methyl sites for hydroxylation is 1. The molecule has 2 heterocycles. The summed E-state index contributed by atoms with van der Waals surface area (Å²) in [5.74, 6) is 0.819. The van der Waals surface area contributed by atoms with Gasteiger partial charge in [-0.2, -0.15) is 0 Å². The summed E-state index contributed by atoms with van der Waals surface area (Å²) in [4.78, 5) is 9.42. The maximum Gasteiger partial charge on any atom is 0.138 e. The molecule has 5 heteroatoms. The molecule has 1 saturated carbocycles. The largest absolute Gasteiger partial charge is 0.489 e. The third-order valence-electron chi connectivity index (χ3n) is 4.67. The van der Waals surface area contributed by atoms with Gasteiger partial charge >= 0.3 is 0 Å². The highest BCUT2D eigenvalue weighted by molar-refractivity contribution is 5.20. The van der Waals surface area contributed by atoms with Crippen molar-refractivity contribution in [3.05, 3.63) is 24.0 Å². The first-order chi connectivity index (χ1) is 10.7. The number of rotatable bonds is 6. The van der Waals surface area contributed by atoms with E-state index >= 15 is 0 Å². The lowest BCUT2D eigenvalue weighted by Gasteiger charge is -2.32. The number of aromatic nitrogens is 1. The van der Waals surface area contributed by atoms with Gasteiger partial charge in [0.15, 0.2) is 0 Å². The molecule has 122 valence electrons. The number of piperazine rings is 1. The second-order valence-corrected chi connectivity index (χ2v) is 6.60. The van der Waals surface area contributed by atoms with Gasteiger partial charge in [-0.1, -0.05) is 0 Å². The van der Waals surface area contributed by atoms with Crippen LogP contribution in [0.4, 0.5) is 0 Å². The maximum atomic E-state index is 9.26. The van der Waals surface area contributed by atoms with Crippen molar-refractivity contribution in [1.29, 1.82) is 0 Å². The molecule has 1 saturated heterocycles. The molecule has 5 nitrogen and oxygen atoms in total. The second kappa shape index (κ2) is 7.40. The molecule has 1 aliphatic carbocycles. The number of aliphatic hydroxyl groups excluding tert-OH is 1. The number of aliphatic hydroxyl groups is 1. The quantitative estimate of drug-likeness (QED) is 0.855. The first kappa shape index (κ1) is 15.7. The van der Waals surface area contributed by atoms with E-state index in [2.05, 4.69) is 27.9 Å². The zero-order valence-electron chi connectivity index (χ0n) is 13.4. The van der Waals surface area contributed by atoms with Crippen LogP contribution in [0, 0.1) is 0 Å². The second-order valence-electron chi connectivity index (χ2n) is 6.60. The van der Waals surface area contributed by atoms with Gasteiger partial charge in [0, 0.05) is 44.7 Å². The van der Waals surface area contributed by atoms with Crippen LogP contribution >= 0.6 is 0 Å². The third kappa shape index (κ3) is 4.41. The van der Waals surface area contributed by atoms with E-state index in [9.17, 15) is 5.11 Å². The fourth-order valence-electron chi connectivity index (χ4n) is 3.01. The van der Waals surface area contributed by atoms with Crippen LogP contribution < -0.4 is 4.74 Å². The number of ether oxygens (including phenoxy) is 1. The monoisotopic (exact) mass is 305 g/mol. The molecule has 0 spiro atoms. The van der Waals surface area contributed by atoms with Gasteiger partial charge in [0.05, 0.1) is 12.3 Å². The van der Waals surface area contributed by atoms with E-state index in [0.29, 0.717) is 0 Å². The van der Waals surface area contributed by atoms with Crippen LogP contribution in [0.1, 0.15) is 25.0 Å². The number of likely N-dealkylation sites (N-methyl/N-ethyl adjacent to an activating group) is 1. The average Bonchev–Trinajstić information content (AvgIpc) is 2.49. The van der Waals surface area contributed by atoms with E-state index in [-0.39, 0.29) is 12.2 Å². The van der Waals surface area contributed by atoms with Crippen molar-refractivity contribution in [2.24, 2.45) is 0 Å². The fourth-order valence-corrected chi connectivity index (χ4v) is 3.01. The minimum absolute atomic E-state index is 0.167. The Balaban J connectivity index is 1.36. The lowest BCUT2D eigenvalue weighted by Crippen LogP contribution is -2.44. The Labute approximate surface area is 132 Å². The number of hydrogen-bond acceptors (Lipinski definition) is 5. The van der Waals surface area contributed by atoms with Crippen LogP contribution in [-0.4, -0.2) is 71.9 Å². The Kier molecular flexibility index (Phi) is 5.28. The predicted octanol–water partition coefficient (Wildman–Crippen LogP) is 1.16. The molecule has 3 rings (SSSR count). The normalized spacial score (nSPS) is 26.6. The maximum absolute atomic E-state index is 9.26. The third-order valence-corrected chi connectivity index (χ3v) is 4.67. The van der Waals surface area contributed by atoms with Crippen LogP contribution in [0.2, 0.25) is 0 Å². The number of nitrogens with zero attached hydrogens (tertiary/aromatic N) is 3. The van der Waals surface area contributed by atoms with Crippen LogP contribution in [0.25, 0.3) is 0 Å². The van der Waals surface area contributed by atoms with Crippen molar-refractivity contribution in [1.82, 2.24) is 14.8 Å². The highest BCUT2D eigenvalue weighted by atomic mass is 16.5. The molecule has 1 aliphatic heterocycles. The zero-order chi connectivity index (χ0) is 15.4. The van der Waals surface area contributed by atoms with E-state index < -0.39 is 0 Å². The summed E-state index contributed by atoms with van der Waals surface area (Å²) in [7, 11) is 2.19. The molecule has 1 aromatic rings.